The monoisotopic (exact) mass is 253 g/mol. The number of rotatable bonds is 5. The molecule has 2 unspecified atom stereocenters. The SMILES string of the molecule is CC1CN(CCC(=O)N(C)CCC#N)CC(C)O1. The third kappa shape index (κ3) is 5.03. The number of amides is 1. The molecule has 0 bridgehead atoms. The maximum Gasteiger partial charge on any atom is 0.223 e. The van der Waals surface area contributed by atoms with Crippen molar-refractivity contribution in [3.63, 3.8) is 0 Å². The smallest absolute Gasteiger partial charge is 0.223 e. The number of morpholine rings is 1. The Morgan fingerprint density at radius 1 is 1.44 bits per heavy atom. The molecular weight excluding hydrogens is 230 g/mol. The third-order valence-electron chi connectivity index (χ3n) is 3.12. The van der Waals surface area contributed by atoms with E-state index in [1.54, 1.807) is 11.9 Å². The molecule has 1 heterocycles. The lowest BCUT2D eigenvalue weighted by molar-refractivity contribution is -0.131. The summed E-state index contributed by atoms with van der Waals surface area (Å²) in [7, 11) is 1.75. The molecule has 0 aromatic carbocycles. The highest BCUT2D eigenvalue weighted by atomic mass is 16.5. The Bertz CT molecular complexity index is 304. The minimum Gasteiger partial charge on any atom is -0.373 e. The van der Waals surface area contributed by atoms with Gasteiger partial charge in [-0.15, -0.1) is 0 Å². The lowest BCUT2D eigenvalue weighted by Crippen LogP contribution is -2.46. The molecule has 0 spiro atoms. The Morgan fingerprint density at radius 3 is 2.61 bits per heavy atom. The van der Waals surface area contributed by atoms with E-state index >= 15 is 0 Å². The number of ether oxygens (including phenoxy) is 1. The van der Waals surface area contributed by atoms with Crippen molar-refractivity contribution in [3.8, 4) is 6.07 Å². The number of nitrogens with zero attached hydrogens (tertiary/aromatic N) is 3. The second kappa shape index (κ2) is 7.34. The van der Waals surface area contributed by atoms with E-state index in [0.29, 0.717) is 19.4 Å². The van der Waals surface area contributed by atoms with Gasteiger partial charge >= 0.3 is 0 Å². The topological polar surface area (TPSA) is 56.6 Å². The Labute approximate surface area is 109 Å². The van der Waals surface area contributed by atoms with E-state index in [9.17, 15) is 4.79 Å². The number of hydrogen-bond acceptors (Lipinski definition) is 4. The van der Waals surface area contributed by atoms with Gasteiger partial charge in [-0.05, 0) is 13.8 Å². The quantitative estimate of drug-likeness (QED) is 0.729. The normalized spacial score (nSPS) is 24.6. The molecule has 0 aromatic heterocycles. The molecule has 0 radical (unpaired) electrons. The molecule has 0 aliphatic carbocycles. The molecule has 1 aliphatic rings. The van der Waals surface area contributed by atoms with Crippen LogP contribution >= 0.6 is 0 Å². The van der Waals surface area contributed by atoms with Crippen molar-refractivity contribution >= 4 is 5.91 Å². The third-order valence-corrected chi connectivity index (χ3v) is 3.12. The summed E-state index contributed by atoms with van der Waals surface area (Å²) in [6.45, 7) is 7.19. The van der Waals surface area contributed by atoms with E-state index in [2.05, 4.69) is 18.7 Å². The molecule has 1 saturated heterocycles. The first kappa shape index (κ1) is 14.9. The van der Waals surface area contributed by atoms with Crippen LogP contribution in [0.25, 0.3) is 0 Å². The van der Waals surface area contributed by atoms with Gasteiger partial charge in [0.25, 0.3) is 0 Å². The average Bonchev–Trinajstić information content (AvgIpc) is 2.31. The molecule has 102 valence electrons. The van der Waals surface area contributed by atoms with Crippen molar-refractivity contribution in [2.24, 2.45) is 0 Å². The molecule has 5 heteroatoms. The lowest BCUT2D eigenvalue weighted by atomic mass is 10.2. The summed E-state index contributed by atoms with van der Waals surface area (Å²) < 4.78 is 5.65. The molecule has 5 nitrogen and oxygen atoms in total. The largest absolute Gasteiger partial charge is 0.373 e. The predicted molar refractivity (Wildman–Crippen MR) is 68.9 cm³/mol. The maximum atomic E-state index is 11.8. The lowest BCUT2D eigenvalue weighted by Gasteiger charge is -2.35. The predicted octanol–water partition coefficient (Wildman–Crippen LogP) is 0.858. The van der Waals surface area contributed by atoms with E-state index in [4.69, 9.17) is 10.00 Å². The van der Waals surface area contributed by atoms with Crippen molar-refractivity contribution in [1.29, 1.82) is 5.26 Å². The van der Waals surface area contributed by atoms with E-state index < -0.39 is 0 Å². The maximum absolute atomic E-state index is 11.8. The molecule has 2 atom stereocenters. The van der Waals surface area contributed by atoms with Crippen molar-refractivity contribution in [2.75, 3.05) is 33.2 Å². The Kier molecular flexibility index (Phi) is 6.10. The Morgan fingerprint density at radius 2 is 2.06 bits per heavy atom. The molecule has 1 amide bonds. The van der Waals surface area contributed by atoms with Gasteiger partial charge in [-0.25, -0.2) is 0 Å². The zero-order valence-electron chi connectivity index (χ0n) is 11.6. The first-order valence-electron chi connectivity index (χ1n) is 6.51. The highest BCUT2D eigenvalue weighted by Gasteiger charge is 2.22. The van der Waals surface area contributed by atoms with Gasteiger partial charge in [-0.3, -0.25) is 9.69 Å². The van der Waals surface area contributed by atoms with Gasteiger partial charge in [0.15, 0.2) is 0 Å². The van der Waals surface area contributed by atoms with Crippen LogP contribution in [-0.4, -0.2) is 61.1 Å². The summed E-state index contributed by atoms with van der Waals surface area (Å²) in [5.74, 6) is 0.108. The fourth-order valence-electron chi connectivity index (χ4n) is 2.25. The van der Waals surface area contributed by atoms with Crippen LogP contribution in [0.15, 0.2) is 0 Å². The number of hydrogen-bond donors (Lipinski definition) is 0. The van der Waals surface area contributed by atoms with E-state index in [0.717, 1.165) is 19.6 Å². The first-order valence-corrected chi connectivity index (χ1v) is 6.51. The summed E-state index contributed by atoms with van der Waals surface area (Å²) in [6.07, 6.45) is 1.38. The second-order valence-corrected chi connectivity index (χ2v) is 4.99. The van der Waals surface area contributed by atoms with E-state index in [1.807, 2.05) is 6.07 Å². The van der Waals surface area contributed by atoms with Crippen molar-refractivity contribution < 1.29 is 9.53 Å². The van der Waals surface area contributed by atoms with E-state index in [-0.39, 0.29) is 18.1 Å². The number of carbonyl (C=O) groups is 1. The van der Waals surface area contributed by atoms with Crippen LogP contribution in [0.2, 0.25) is 0 Å². The number of carbonyl (C=O) groups excluding carboxylic acids is 1. The van der Waals surface area contributed by atoms with Gasteiger partial charge in [-0.1, -0.05) is 0 Å². The molecule has 1 aliphatic heterocycles. The standard InChI is InChI=1S/C13H23N3O2/c1-11-9-16(10-12(2)18-11)8-5-13(17)15(3)7-4-6-14/h11-12H,4-5,7-10H2,1-3H3. The van der Waals surface area contributed by atoms with Gasteiger partial charge < -0.3 is 9.64 Å². The summed E-state index contributed by atoms with van der Waals surface area (Å²) in [5.41, 5.74) is 0. The molecule has 0 N–H and O–H groups in total. The fraction of sp³-hybridized carbons (Fsp3) is 0.846. The van der Waals surface area contributed by atoms with E-state index in [1.165, 1.54) is 0 Å². The molecule has 18 heavy (non-hydrogen) atoms. The van der Waals surface area contributed by atoms with Gasteiger partial charge in [0, 0.05) is 39.6 Å². The zero-order chi connectivity index (χ0) is 13.5. The van der Waals surface area contributed by atoms with Crippen LogP contribution in [-0.2, 0) is 9.53 Å². The van der Waals surface area contributed by atoms with Crippen LogP contribution in [0.5, 0.6) is 0 Å². The van der Waals surface area contributed by atoms with Crippen molar-refractivity contribution in [2.45, 2.75) is 38.9 Å². The Balaban J connectivity index is 2.27. The van der Waals surface area contributed by atoms with Gasteiger partial charge in [-0.2, -0.15) is 5.26 Å². The Hall–Kier alpha value is -1.12. The highest BCUT2D eigenvalue weighted by Crippen LogP contribution is 2.11. The fourth-order valence-corrected chi connectivity index (χ4v) is 2.25. The van der Waals surface area contributed by atoms with Crippen LogP contribution in [0.1, 0.15) is 26.7 Å². The van der Waals surface area contributed by atoms with Crippen LogP contribution in [0, 0.1) is 11.3 Å². The minimum absolute atomic E-state index is 0.108. The molecule has 0 saturated carbocycles. The minimum atomic E-state index is 0.108. The molecule has 1 rings (SSSR count). The summed E-state index contributed by atoms with van der Waals surface area (Å²) in [6, 6.07) is 2.05. The van der Waals surface area contributed by atoms with Gasteiger partial charge in [0.05, 0.1) is 24.7 Å². The van der Waals surface area contributed by atoms with Crippen LogP contribution in [0.4, 0.5) is 0 Å². The highest BCUT2D eigenvalue weighted by molar-refractivity contribution is 5.76. The number of nitriles is 1. The van der Waals surface area contributed by atoms with Gasteiger partial charge in [0.1, 0.15) is 0 Å². The molecule has 1 fully saturated rings. The van der Waals surface area contributed by atoms with Crippen molar-refractivity contribution in [1.82, 2.24) is 9.80 Å². The first-order chi connectivity index (χ1) is 8.52. The summed E-state index contributed by atoms with van der Waals surface area (Å²) >= 11 is 0. The zero-order valence-corrected chi connectivity index (χ0v) is 11.6. The summed E-state index contributed by atoms with van der Waals surface area (Å²) in [5, 5.41) is 8.48. The van der Waals surface area contributed by atoms with Crippen molar-refractivity contribution in [3.05, 3.63) is 0 Å². The second-order valence-electron chi connectivity index (χ2n) is 4.99. The van der Waals surface area contributed by atoms with Crippen LogP contribution in [0.3, 0.4) is 0 Å². The molecule has 0 aromatic rings. The average molecular weight is 253 g/mol. The van der Waals surface area contributed by atoms with Gasteiger partial charge in [0.2, 0.25) is 5.91 Å². The molecular formula is C13H23N3O2. The van der Waals surface area contributed by atoms with Crippen LogP contribution < -0.4 is 0 Å². The summed E-state index contributed by atoms with van der Waals surface area (Å²) in [4.78, 5) is 15.7.